The van der Waals surface area contributed by atoms with Crippen LogP contribution in [0.4, 0.5) is 35.5 Å². The smallest absolute Gasteiger partial charge is 0.422 e. The van der Waals surface area contributed by atoms with Crippen molar-refractivity contribution in [1.82, 2.24) is 25.2 Å². The summed E-state index contributed by atoms with van der Waals surface area (Å²) in [6.45, 7) is -0.532. The van der Waals surface area contributed by atoms with Crippen LogP contribution in [-0.4, -0.2) is 78.9 Å². The minimum absolute atomic E-state index is 0.0200. The van der Waals surface area contributed by atoms with Gasteiger partial charge in [0.15, 0.2) is 6.61 Å². The molecule has 0 bridgehead atoms. The second kappa shape index (κ2) is 11.9. The summed E-state index contributed by atoms with van der Waals surface area (Å²) in [7, 11) is 0. The lowest BCUT2D eigenvalue weighted by Crippen LogP contribution is -2.50. The third-order valence-corrected chi connectivity index (χ3v) is 7.80. The summed E-state index contributed by atoms with van der Waals surface area (Å²) in [5.41, 5.74) is -0.763. The fraction of sp³-hybridized carbons (Fsp3) is 0.357. The summed E-state index contributed by atoms with van der Waals surface area (Å²) >= 11 is 6.00. The summed E-state index contributed by atoms with van der Waals surface area (Å²) in [6, 6.07) is 11.7. The minimum Gasteiger partial charge on any atom is -0.480 e. The molecule has 0 radical (unpaired) electrons. The van der Waals surface area contributed by atoms with Crippen LogP contribution in [0.25, 0.3) is 0 Å². The quantitative estimate of drug-likeness (QED) is 0.207. The van der Waals surface area contributed by atoms with Crippen LogP contribution in [0.1, 0.15) is 42.1 Å². The van der Waals surface area contributed by atoms with E-state index in [-0.39, 0.29) is 30.4 Å². The van der Waals surface area contributed by atoms with E-state index in [1.165, 1.54) is 31.2 Å². The number of benzene rings is 2. The molecular weight excluding hydrogens is 623 g/mol. The van der Waals surface area contributed by atoms with Crippen LogP contribution < -0.4 is 20.7 Å². The Kier molecular flexibility index (Phi) is 8.35. The van der Waals surface area contributed by atoms with E-state index in [1.54, 1.807) is 12.1 Å². The number of anilines is 3. The number of carbonyl (C=O) groups is 3. The number of amides is 2. The predicted octanol–water partition coefficient (Wildman–Crippen LogP) is 4.64. The number of hydrogen-bond acceptors (Lipinski definition) is 9. The fourth-order valence-electron chi connectivity index (χ4n) is 5.04. The molecule has 1 saturated carbocycles. The molecule has 238 valence electrons. The van der Waals surface area contributed by atoms with E-state index in [9.17, 15) is 37.8 Å². The first kappa shape index (κ1) is 31.6. The van der Waals surface area contributed by atoms with Crippen LogP contribution in [0.2, 0.25) is 5.02 Å². The average Bonchev–Trinajstić information content (AvgIpc) is 3.66. The van der Waals surface area contributed by atoms with Gasteiger partial charge in [0.05, 0.1) is 5.54 Å². The van der Waals surface area contributed by atoms with E-state index in [0.717, 1.165) is 23.3 Å². The number of likely N-dealkylation sites (tertiary alicyclic amines) is 1. The first-order valence-electron chi connectivity index (χ1n) is 13.6. The molecule has 1 aromatic heterocycles. The molecule has 1 aliphatic carbocycles. The van der Waals surface area contributed by atoms with Crippen molar-refractivity contribution >= 4 is 47.2 Å². The van der Waals surface area contributed by atoms with Crippen LogP contribution >= 0.6 is 11.6 Å². The number of carbonyl (C=O) groups excluding carboxylic acids is 1. The Morgan fingerprint density at radius 3 is 2.22 bits per heavy atom. The highest BCUT2D eigenvalue weighted by atomic mass is 35.5. The summed E-state index contributed by atoms with van der Waals surface area (Å²) < 4.78 is 43.4. The molecule has 3 aromatic rings. The molecule has 17 heteroatoms. The number of hydrogen-bond donors (Lipinski definition) is 5. The Hall–Kier alpha value is -4.86. The highest BCUT2D eigenvalue weighted by molar-refractivity contribution is 6.30. The Labute approximate surface area is 258 Å². The molecule has 5 rings (SSSR count). The van der Waals surface area contributed by atoms with Gasteiger partial charge in [0.1, 0.15) is 5.54 Å². The topological polar surface area (TPSA) is 179 Å². The second-order valence-electron chi connectivity index (χ2n) is 10.9. The standard InChI is InChI=1S/C28H27ClF3N7O6/c1-26(21(41)42)12-19(13-39(26)25(43)44)33-20(40)15-2-8-18(9-3-15)34-22-35-23(37-24(36-22)45-14-28(30,31)32)38-27(10-11-27)16-4-6-17(29)7-5-16/h2-9,19H,10-14H2,1H3,(H,33,40)(H,41,42)(H,43,44)(H2,34,35,36,37,38). The number of aliphatic carboxylic acids is 1. The van der Waals surface area contributed by atoms with E-state index in [2.05, 4.69) is 30.9 Å². The first-order valence-corrected chi connectivity index (χ1v) is 14.0. The monoisotopic (exact) mass is 649 g/mol. The summed E-state index contributed by atoms with van der Waals surface area (Å²) in [6.07, 6.45) is -4.71. The summed E-state index contributed by atoms with van der Waals surface area (Å²) in [4.78, 5) is 49.1. The van der Waals surface area contributed by atoms with E-state index in [1.807, 2.05) is 12.1 Å². The number of carboxylic acid groups (broad SMARTS) is 2. The zero-order valence-electron chi connectivity index (χ0n) is 23.6. The van der Waals surface area contributed by atoms with Crippen LogP contribution in [0.15, 0.2) is 48.5 Å². The maximum atomic E-state index is 12.9. The number of rotatable bonds is 10. The van der Waals surface area contributed by atoms with Crippen molar-refractivity contribution < 1.29 is 42.5 Å². The molecule has 1 saturated heterocycles. The van der Waals surface area contributed by atoms with E-state index >= 15 is 0 Å². The number of aromatic nitrogens is 3. The van der Waals surface area contributed by atoms with Crippen molar-refractivity contribution in [3.05, 3.63) is 64.7 Å². The number of nitrogens with one attached hydrogen (secondary N) is 3. The van der Waals surface area contributed by atoms with Gasteiger partial charge < -0.3 is 30.9 Å². The normalized spacial score (nSPS) is 20.3. The van der Waals surface area contributed by atoms with Crippen LogP contribution in [0, 0.1) is 0 Å². The molecule has 5 N–H and O–H groups in total. The van der Waals surface area contributed by atoms with E-state index in [0.29, 0.717) is 10.7 Å². The van der Waals surface area contributed by atoms with Gasteiger partial charge in [0.25, 0.3) is 5.91 Å². The van der Waals surface area contributed by atoms with Crippen molar-refractivity contribution in [3.8, 4) is 6.01 Å². The van der Waals surface area contributed by atoms with Gasteiger partial charge in [-0.1, -0.05) is 23.7 Å². The second-order valence-corrected chi connectivity index (χ2v) is 11.4. The summed E-state index contributed by atoms with van der Waals surface area (Å²) in [5, 5.41) is 28.2. The molecule has 2 amide bonds. The average molecular weight is 650 g/mol. The highest BCUT2D eigenvalue weighted by Crippen LogP contribution is 2.48. The third kappa shape index (κ3) is 7.28. The molecule has 2 fully saturated rings. The lowest BCUT2D eigenvalue weighted by Gasteiger charge is -2.27. The van der Waals surface area contributed by atoms with Gasteiger partial charge in [-0.25, -0.2) is 9.59 Å². The molecule has 0 spiro atoms. The van der Waals surface area contributed by atoms with Crippen molar-refractivity contribution in [2.45, 2.75) is 49.5 Å². The van der Waals surface area contributed by atoms with Crippen LogP contribution in [-0.2, 0) is 10.3 Å². The summed E-state index contributed by atoms with van der Waals surface area (Å²) in [5.74, 6) is -2.02. The van der Waals surface area contributed by atoms with Gasteiger partial charge in [0, 0.05) is 35.3 Å². The van der Waals surface area contributed by atoms with Gasteiger partial charge in [-0.2, -0.15) is 28.1 Å². The molecular formula is C28H27ClF3N7O6. The maximum Gasteiger partial charge on any atom is 0.422 e. The molecule has 2 aromatic carbocycles. The van der Waals surface area contributed by atoms with Crippen molar-refractivity contribution in [3.63, 3.8) is 0 Å². The fourth-order valence-corrected chi connectivity index (χ4v) is 5.17. The van der Waals surface area contributed by atoms with E-state index < -0.39 is 53.9 Å². The van der Waals surface area contributed by atoms with Gasteiger partial charge in [-0.05, 0) is 61.7 Å². The maximum absolute atomic E-state index is 12.9. The Bertz CT molecular complexity index is 1610. The van der Waals surface area contributed by atoms with Gasteiger partial charge in [-0.3, -0.25) is 9.69 Å². The molecule has 2 aliphatic rings. The molecule has 2 atom stereocenters. The number of alkyl halides is 3. The molecule has 13 nitrogen and oxygen atoms in total. The van der Waals surface area contributed by atoms with Gasteiger partial charge >= 0.3 is 24.2 Å². The molecule has 1 aliphatic heterocycles. The van der Waals surface area contributed by atoms with Crippen molar-refractivity contribution in [1.29, 1.82) is 0 Å². The minimum atomic E-state index is -4.62. The number of halogens is 4. The van der Waals surface area contributed by atoms with Gasteiger partial charge in [0.2, 0.25) is 11.9 Å². The molecule has 2 heterocycles. The van der Waals surface area contributed by atoms with E-state index in [4.69, 9.17) is 16.3 Å². The Morgan fingerprint density at radius 1 is 1.02 bits per heavy atom. The molecule has 45 heavy (non-hydrogen) atoms. The zero-order valence-corrected chi connectivity index (χ0v) is 24.3. The van der Waals surface area contributed by atoms with Crippen LogP contribution in [0.5, 0.6) is 6.01 Å². The highest BCUT2D eigenvalue weighted by Gasteiger charge is 2.51. The first-order chi connectivity index (χ1) is 21.2. The predicted molar refractivity (Wildman–Crippen MR) is 154 cm³/mol. The third-order valence-electron chi connectivity index (χ3n) is 7.55. The molecule has 2 unspecified atom stereocenters. The lowest BCUT2D eigenvalue weighted by molar-refractivity contribution is -0.154. The Morgan fingerprint density at radius 2 is 1.67 bits per heavy atom. The Balaban J connectivity index is 1.30. The largest absolute Gasteiger partial charge is 0.480 e. The lowest BCUT2D eigenvalue weighted by atomic mass is 9.97. The van der Waals surface area contributed by atoms with Gasteiger partial charge in [-0.15, -0.1) is 0 Å². The van der Waals surface area contributed by atoms with Crippen molar-refractivity contribution in [2.24, 2.45) is 0 Å². The van der Waals surface area contributed by atoms with Crippen molar-refractivity contribution in [2.75, 3.05) is 23.8 Å². The number of carboxylic acids is 1. The SMILES string of the molecule is CC1(C(=O)O)CC(NC(=O)c2ccc(Nc3nc(NC4(c5ccc(Cl)cc5)CC4)nc(OCC(F)(F)F)n3)cc2)CN1C(=O)O. The van der Waals surface area contributed by atoms with Crippen LogP contribution in [0.3, 0.4) is 0 Å². The zero-order chi connectivity index (χ0) is 32.6. The number of nitrogens with zero attached hydrogens (tertiary/aromatic N) is 4. The number of ether oxygens (including phenoxy) is 1.